The SMILES string of the molecule is CCC(OC(C)C)(C(C)=O)C(=O)OOC(C)C.[AlH3]. The second kappa shape index (κ2) is 8.65. The molecule has 0 N–H and O–H groups in total. The van der Waals surface area contributed by atoms with Crippen molar-refractivity contribution in [2.45, 2.75) is 65.8 Å². The topological polar surface area (TPSA) is 61.8 Å². The maximum atomic E-state index is 11.9. The molecule has 5 nitrogen and oxygen atoms in total. The first-order valence-electron chi connectivity index (χ1n) is 5.82. The Bertz CT molecular complexity index is 278. The number of ketones is 1. The first kappa shape index (κ1) is 19.9. The van der Waals surface area contributed by atoms with Crippen molar-refractivity contribution in [2.75, 3.05) is 0 Å². The van der Waals surface area contributed by atoms with Crippen molar-refractivity contribution in [1.29, 1.82) is 0 Å². The van der Waals surface area contributed by atoms with Crippen LogP contribution in [0.5, 0.6) is 0 Å². The van der Waals surface area contributed by atoms with E-state index in [4.69, 9.17) is 9.62 Å². The van der Waals surface area contributed by atoms with Gasteiger partial charge in [0.05, 0.1) is 12.2 Å². The number of hydrogen-bond acceptors (Lipinski definition) is 5. The van der Waals surface area contributed by atoms with Gasteiger partial charge in [0.2, 0.25) is 5.60 Å². The largest absolute Gasteiger partial charge is 0.381 e. The van der Waals surface area contributed by atoms with E-state index in [0.29, 0.717) is 0 Å². The van der Waals surface area contributed by atoms with Crippen molar-refractivity contribution in [3.8, 4) is 0 Å². The summed E-state index contributed by atoms with van der Waals surface area (Å²) in [6.45, 7) is 9.95. The molecule has 0 rings (SSSR count). The van der Waals surface area contributed by atoms with E-state index in [9.17, 15) is 9.59 Å². The molecule has 106 valence electrons. The zero-order chi connectivity index (χ0) is 13.6. The molecule has 1 atom stereocenters. The van der Waals surface area contributed by atoms with Gasteiger partial charge >= 0.3 is 5.97 Å². The lowest BCUT2D eigenvalue weighted by Gasteiger charge is -2.29. The van der Waals surface area contributed by atoms with Crippen LogP contribution in [0.4, 0.5) is 0 Å². The third-order valence-corrected chi connectivity index (χ3v) is 2.15. The van der Waals surface area contributed by atoms with E-state index in [-0.39, 0.29) is 41.8 Å². The van der Waals surface area contributed by atoms with Gasteiger partial charge in [-0.3, -0.25) is 9.68 Å². The predicted octanol–water partition coefficient (Wildman–Crippen LogP) is 0.848. The quantitative estimate of drug-likeness (QED) is 0.298. The highest BCUT2D eigenvalue weighted by molar-refractivity contribution is 6.06. The Balaban J connectivity index is 0. The normalized spacial score (nSPS) is 14.0. The average molecular weight is 276 g/mol. The Morgan fingerprint density at radius 3 is 1.89 bits per heavy atom. The lowest BCUT2D eigenvalue weighted by atomic mass is 9.95. The third kappa shape index (κ3) is 5.49. The molecule has 1 unspecified atom stereocenters. The van der Waals surface area contributed by atoms with Gasteiger partial charge in [-0.15, -0.1) is 0 Å². The van der Waals surface area contributed by atoms with Crippen LogP contribution in [-0.2, 0) is 24.1 Å². The number of carbonyl (C=O) groups is 2. The number of hydrogen-bond donors (Lipinski definition) is 0. The third-order valence-electron chi connectivity index (χ3n) is 2.15. The number of ether oxygens (including phenoxy) is 1. The molecule has 0 radical (unpaired) electrons. The van der Waals surface area contributed by atoms with Crippen LogP contribution in [0, 0.1) is 0 Å². The van der Waals surface area contributed by atoms with Crippen molar-refractivity contribution in [2.24, 2.45) is 0 Å². The molecule has 0 aromatic carbocycles. The first-order valence-corrected chi connectivity index (χ1v) is 5.82. The van der Waals surface area contributed by atoms with E-state index in [1.807, 2.05) is 0 Å². The molecular formula is C12H25AlO5. The van der Waals surface area contributed by atoms with Crippen LogP contribution in [0.3, 0.4) is 0 Å². The number of rotatable bonds is 7. The van der Waals surface area contributed by atoms with Gasteiger partial charge in [0.25, 0.3) is 0 Å². The maximum Gasteiger partial charge on any atom is 0.381 e. The number of carbonyl (C=O) groups excluding carboxylic acids is 2. The monoisotopic (exact) mass is 276 g/mol. The van der Waals surface area contributed by atoms with Gasteiger partial charge in [-0.25, -0.2) is 4.79 Å². The molecule has 0 bridgehead atoms. The van der Waals surface area contributed by atoms with Gasteiger partial charge in [0, 0.05) is 0 Å². The van der Waals surface area contributed by atoms with Crippen LogP contribution in [0.2, 0.25) is 0 Å². The fourth-order valence-electron chi connectivity index (χ4n) is 1.36. The summed E-state index contributed by atoms with van der Waals surface area (Å²) < 4.78 is 5.44. The summed E-state index contributed by atoms with van der Waals surface area (Å²) in [5.74, 6) is -1.18. The summed E-state index contributed by atoms with van der Waals surface area (Å²) >= 11 is 0. The second-order valence-electron chi connectivity index (χ2n) is 4.42. The van der Waals surface area contributed by atoms with Crippen molar-refractivity contribution >= 4 is 29.1 Å². The average Bonchev–Trinajstić information content (AvgIpc) is 2.21. The molecule has 0 spiro atoms. The first-order chi connectivity index (χ1) is 7.76. The summed E-state index contributed by atoms with van der Waals surface area (Å²) in [4.78, 5) is 32.9. The molecule has 0 fully saturated rings. The van der Waals surface area contributed by atoms with Crippen molar-refractivity contribution < 1.29 is 24.1 Å². The summed E-state index contributed by atoms with van der Waals surface area (Å²) in [6, 6.07) is 0. The zero-order valence-corrected chi connectivity index (χ0v) is 11.4. The molecule has 0 aliphatic carbocycles. The van der Waals surface area contributed by atoms with Crippen molar-refractivity contribution in [1.82, 2.24) is 0 Å². The minimum absolute atomic E-state index is 0. The molecule has 6 heteroatoms. The summed E-state index contributed by atoms with van der Waals surface area (Å²) in [5.41, 5.74) is -1.57. The zero-order valence-electron chi connectivity index (χ0n) is 11.4. The predicted molar refractivity (Wildman–Crippen MR) is 72.2 cm³/mol. The molecule has 0 aromatic heterocycles. The highest BCUT2D eigenvalue weighted by Crippen LogP contribution is 2.22. The fourth-order valence-corrected chi connectivity index (χ4v) is 1.36. The van der Waals surface area contributed by atoms with E-state index in [1.165, 1.54) is 6.92 Å². The van der Waals surface area contributed by atoms with Gasteiger partial charge in [0.1, 0.15) is 0 Å². The van der Waals surface area contributed by atoms with Gasteiger partial charge in [-0.2, -0.15) is 4.89 Å². The van der Waals surface area contributed by atoms with Crippen LogP contribution >= 0.6 is 0 Å². The fraction of sp³-hybridized carbons (Fsp3) is 0.833. The second-order valence-corrected chi connectivity index (χ2v) is 4.42. The molecular weight excluding hydrogens is 251 g/mol. The van der Waals surface area contributed by atoms with Gasteiger partial charge < -0.3 is 4.74 Å². The summed E-state index contributed by atoms with van der Waals surface area (Å²) in [7, 11) is 0. The summed E-state index contributed by atoms with van der Waals surface area (Å²) in [5, 5.41) is 0. The number of Topliss-reactive ketones (excluding diaryl/α,β-unsaturated/α-hetero) is 1. The summed E-state index contributed by atoms with van der Waals surface area (Å²) in [6.07, 6.45) is -0.314. The van der Waals surface area contributed by atoms with Gasteiger partial charge in [-0.1, -0.05) is 6.92 Å². The molecule has 0 aliphatic heterocycles. The van der Waals surface area contributed by atoms with E-state index >= 15 is 0 Å². The van der Waals surface area contributed by atoms with Crippen LogP contribution < -0.4 is 0 Å². The van der Waals surface area contributed by atoms with Gasteiger partial charge in [0.15, 0.2) is 23.1 Å². The maximum absolute atomic E-state index is 11.9. The van der Waals surface area contributed by atoms with E-state index < -0.39 is 11.6 Å². The Kier molecular flexibility index (Phi) is 9.58. The molecule has 0 aliphatic rings. The highest BCUT2D eigenvalue weighted by Gasteiger charge is 2.46. The molecule has 0 heterocycles. The van der Waals surface area contributed by atoms with E-state index in [2.05, 4.69) is 4.89 Å². The van der Waals surface area contributed by atoms with E-state index in [1.54, 1.807) is 34.6 Å². The Labute approximate surface area is 119 Å². The van der Waals surface area contributed by atoms with Crippen molar-refractivity contribution in [3.63, 3.8) is 0 Å². The van der Waals surface area contributed by atoms with Crippen LogP contribution in [0.1, 0.15) is 48.0 Å². The Morgan fingerprint density at radius 2 is 1.61 bits per heavy atom. The lowest BCUT2D eigenvalue weighted by Crippen LogP contribution is -2.50. The standard InChI is InChI=1S/C12H22O5.Al.3H/c1-7-12(10(6)13,15-8(2)3)11(14)17-16-9(4)5;;;;/h8-9H,7H2,1-6H3;;;;. The molecule has 0 saturated carbocycles. The molecule has 0 saturated heterocycles. The van der Waals surface area contributed by atoms with Gasteiger partial charge in [-0.05, 0) is 41.0 Å². The van der Waals surface area contributed by atoms with Crippen LogP contribution in [0.15, 0.2) is 0 Å². The molecule has 0 aromatic rings. The Morgan fingerprint density at radius 1 is 1.11 bits per heavy atom. The van der Waals surface area contributed by atoms with Crippen molar-refractivity contribution in [3.05, 3.63) is 0 Å². The minimum atomic E-state index is -1.57. The lowest BCUT2D eigenvalue weighted by molar-refractivity contribution is -0.304. The van der Waals surface area contributed by atoms with E-state index in [0.717, 1.165) is 0 Å². The highest BCUT2D eigenvalue weighted by atomic mass is 27.0. The molecule has 0 amide bonds. The molecule has 18 heavy (non-hydrogen) atoms. The van der Waals surface area contributed by atoms with Crippen LogP contribution in [-0.4, -0.2) is 46.9 Å². The smallest absolute Gasteiger partial charge is 0.353 e. The minimum Gasteiger partial charge on any atom is -0.353 e. The van der Waals surface area contributed by atoms with Crippen LogP contribution in [0.25, 0.3) is 0 Å². The Hall–Kier alpha value is -0.408.